The van der Waals surface area contributed by atoms with Gasteiger partial charge >= 0.3 is 0 Å². The van der Waals surface area contributed by atoms with Crippen LogP contribution in [0.15, 0.2) is 48.5 Å². The molecule has 0 bridgehead atoms. The van der Waals surface area contributed by atoms with Crippen LogP contribution in [0.2, 0.25) is 0 Å². The Labute approximate surface area is 140 Å². The molecule has 1 N–H and O–H groups in total. The summed E-state index contributed by atoms with van der Waals surface area (Å²) >= 11 is 0. The van der Waals surface area contributed by atoms with E-state index in [0.717, 1.165) is 11.3 Å². The Bertz CT molecular complexity index is 821. The first kappa shape index (κ1) is 15.8. The molecular weight excluding hydrogens is 302 g/mol. The van der Waals surface area contributed by atoms with Gasteiger partial charge in [0.2, 0.25) is 11.8 Å². The van der Waals surface area contributed by atoms with E-state index in [1.807, 2.05) is 37.3 Å². The molecule has 5 nitrogen and oxygen atoms in total. The third kappa shape index (κ3) is 3.28. The number of nitriles is 1. The van der Waals surface area contributed by atoms with Crippen LogP contribution >= 0.6 is 0 Å². The fourth-order valence-electron chi connectivity index (χ4n) is 2.77. The van der Waals surface area contributed by atoms with Gasteiger partial charge in [0.05, 0.1) is 17.6 Å². The summed E-state index contributed by atoms with van der Waals surface area (Å²) in [6, 6.07) is 16.5. The van der Waals surface area contributed by atoms with Crippen molar-refractivity contribution in [3.63, 3.8) is 0 Å². The molecule has 24 heavy (non-hydrogen) atoms. The van der Waals surface area contributed by atoms with Gasteiger partial charge in [-0.2, -0.15) is 5.26 Å². The highest BCUT2D eigenvalue weighted by Gasteiger charge is 2.35. The zero-order chi connectivity index (χ0) is 17.1. The molecule has 1 atom stereocenters. The summed E-state index contributed by atoms with van der Waals surface area (Å²) in [7, 11) is 0. The van der Waals surface area contributed by atoms with Crippen LogP contribution in [0.25, 0.3) is 0 Å². The van der Waals surface area contributed by atoms with E-state index in [2.05, 4.69) is 5.32 Å². The van der Waals surface area contributed by atoms with Gasteiger partial charge in [-0.3, -0.25) is 9.59 Å². The molecule has 3 rings (SSSR count). The lowest BCUT2D eigenvalue weighted by Gasteiger charge is -2.17. The number of carbonyl (C=O) groups excluding carboxylic acids is 2. The Morgan fingerprint density at radius 1 is 1.25 bits per heavy atom. The molecule has 1 aliphatic rings. The highest BCUT2D eigenvalue weighted by Crippen LogP contribution is 2.26. The molecule has 1 aliphatic heterocycles. The topological polar surface area (TPSA) is 73.2 Å². The molecule has 0 saturated carbocycles. The van der Waals surface area contributed by atoms with Crippen LogP contribution in [0.4, 0.5) is 11.4 Å². The molecule has 0 aromatic heterocycles. The second-order valence-corrected chi connectivity index (χ2v) is 5.92. The fourth-order valence-corrected chi connectivity index (χ4v) is 2.77. The van der Waals surface area contributed by atoms with Gasteiger partial charge in [0, 0.05) is 24.3 Å². The van der Waals surface area contributed by atoms with Gasteiger partial charge in [-0.1, -0.05) is 23.8 Å². The van der Waals surface area contributed by atoms with E-state index in [-0.39, 0.29) is 18.2 Å². The molecule has 0 spiro atoms. The number of nitrogens with one attached hydrogen (secondary N) is 1. The summed E-state index contributed by atoms with van der Waals surface area (Å²) in [6.45, 7) is 2.35. The van der Waals surface area contributed by atoms with Crippen LogP contribution in [0.3, 0.4) is 0 Å². The van der Waals surface area contributed by atoms with Crippen LogP contribution < -0.4 is 10.2 Å². The number of benzene rings is 2. The summed E-state index contributed by atoms with van der Waals surface area (Å²) < 4.78 is 0. The SMILES string of the molecule is Cc1ccc(N2C[C@H](C(=O)Nc3cccc(C#N)c3)CC2=O)cc1. The maximum absolute atomic E-state index is 12.4. The van der Waals surface area contributed by atoms with Crippen LogP contribution in [-0.2, 0) is 9.59 Å². The van der Waals surface area contributed by atoms with E-state index >= 15 is 0 Å². The number of hydrogen-bond donors (Lipinski definition) is 1. The Morgan fingerprint density at radius 2 is 2.00 bits per heavy atom. The van der Waals surface area contributed by atoms with Gasteiger partial charge in [0.1, 0.15) is 0 Å². The Balaban J connectivity index is 1.69. The minimum atomic E-state index is -0.399. The Hall–Kier alpha value is -3.13. The van der Waals surface area contributed by atoms with E-state index in [1.165, 1.54) is 0 Å². The highest BCUT2D eigenvalue weighted by atomic mass is 16.2. The van der Waals surface area contributed by atoms with Gasteiger partial charge in [-0.15, -0.1) is 0 Å². The van der Waals surface area contributed by atoms with Crippen molar-refractivity contribution in [2.45, 2.75) is 13.3 Å². The molecule has 2 amide bonds. The van der Waals surface area contributed by atoms with Gasteiger partial charge in [-0.05, 0) is 37.3 Å². The molecule has 2 aromatic rings. The number of rotatable bonds is 3. The molecular formula is C19H17N3O2. The normalized spacial score (nSPS) is 16.8. The van der Waals surface area contributed by atoms with Crippen molar-refractivity contribution in [1.29, 1.82) is 5.26 Å². The van der Waals surface area contributed by atoms with Crippen LogP contribution in [0.5, 0.6) is 0 Å². The molecule has 5 heteroatoms. The maximum atomic E-state index is 12.4. The largest absolute Gasteiger partial charge is 0.326 e. The fraction of sp³-hybridized carbons (Fsp3) is 0.211. The Morgan fingerprint density at radius 3 is 2.71 bits per heavy atom. The van der Waals surface area contributed by atoms with Crippen molar-refractivity contribution < 1.29 is 9.59 Å². The predicted octanol–water partition coefficient (Wildman–Crippen LogP) is 2.86. The second-order valence-electron chi connectivity index (χ2n) is 5.92. The van der Waals surface area contributed by atoms with E-state index in [1.54, 1.807) is 29.2 Å². The lowest BCUT2D eigenvalue weighted by molar-refractivity contribution is -0.122. The summed E-state index contributed by atoms with van der Waals surface area (Å²) in [5.41, 5.74) is 2.99. The van der Waals surface area contributed by atoms with E-state index in [4.69, 9.17) is 5.26 Å². The minimum absolute atomic E-state index is 0.0511. The molecule has 120 valence electrons. The van der Waals surface area contributed by atoms with E-state index in [9.17, 15) is 9.59 Å². The molecule has 2 aromatic carbocycles. The number of aryl methyl sites for hydroxylation is 1. The number of amides is 2. The first-order chi connectivity index (χ1) is 11.6. The standard InChI is InChI=1S/C19H17N3O2/c1-13-5-7-17(8-6-13)22-12-15(10-18(22)23)19(24)21-16-4-2-3-14(9-16)11-20/h2-9,15H,10,12H2,1H3,(H,21,24)/t15-/m1/s1. The van der Waals surface area contributed by atoms with Crippen molar-refractivity contribution in [1.82, 2.24) is 0 Å². The molecule has 1 saturated heterocycles. The van der Waals surface area contributed by atoms with Gasteiger partial charge < -0.3 is 10.2 Å². The van der Waals surface area contributed by atoms with Crippen molar-refractivity contribution in [2.75, 3.05) is 16.8 Å². The number of anilines is 2. The molecule has 0 unspecified atom stereocenters. The van der Waals surface area contributed by atoms with E-state index < -0.39 is 5.92 Å². The first-order valence-corrected chi connectivity index (χ1v) is 7.75. The average molecular weight is 319 g/mol. The predicted molar refractivity (Wildman–Crippen MR) is 91.4 cm³/mol. The Kier molecular flexibility index (Phi) is 4.30. The number of nitrogens with zero attached hydrogens (tertiary/aromatic N) is 2. The molecule has 1 fully saturated rings. The maximum Gasteiger partial charge on any atom is 0.229 e. The quantitative estimate of drug-likeness (QED) is 0.945. The summed E-state index contributed by atoms with van der Waals surface area (Å²) in [5, 5.41) is 11.7. The van der Waals surface area contributed by atoms with Crippen LogP contribution in [0.1, 0.15) is 17.5 Å². The average Bonchev–Trinajstić information content (AvgIpc) is 2.98. The van der Waals surface area contributed by atoms with Gasteiger partial charge in [0.15, 0.2) is 0 Å². The highest BCUT2D eigenvalue weighted by molar-refractivity contribution is 6.03. The van der Waals surface area contributed by atoms with Crippen molar-refractivity contribution in [3.05, 3.63) is 59.7 Å². The monoisotopic (exact) mass is 319 g/mol. The summed E-state index contributed by atoms with van der Waals surface area (Å²) in [5.74, 6) is -0.651. The zero-order valence-electron chi connectivity index (χ0n) is 13.3. The van der Waals surface area contributed by atoms with Crippen molar-refractivity contribution in [3.8, 4) is 6.07 Å². The number of hydrogen-bond acceptors (Lipinski definition) is 3. The lowest BCUT2D eigenvalue weighted by atomic mass is 10.1. The van der Waals surface area contributed by atoms with Crippen molar-refractivity contribution >= 4 is 23.2 Å². The summed E-state index contributed by atoms with van der Waals surface area (Å²) in [4.78, 5) is 26.3. The minimum Gasteiger partial charge on any atom is -0.326 e. The van der Waals surface area contributed by atoms with Gasteiger partial charge in [0.25, 0.3) is 0 Å². The molecule has 0 radical (unpaired) electrons. The van der Waals surface area contributed by atoms with Gasteiger partial charge in [-0.25, -0.2) is 0 Å². The number of carbonyl (C=O) groups is 2. The third-order valence-electron chi connectivity index (χ3n) is 4.10. The lowest BCUT2D eigenvalue weighted by Crippen LogP contribution is -2.28. The third-order valence-corrected chi connectivity index (χ3v) is 4.10. The first-order valence-electron chi connectivity index (χ1n) is 7.75. The summed E-state index contributed by atoms with van der Waals surface area (Å²) in [6.07, 6.45) is 0.192. The van der Waals surface area contributed by atoms with E-state index in [0.29, 0.717) is 17.8 Å². The zero-order valence-corrected chi connectivity index (χ0v) is 13.3. The second kappa shape index (κ2) is 6.55. The smallest absolute Gasteiger partial charge is 0.229 e. The molecule has 0 aliphatic carbocycles. The van der Waals surface area contributed by atoms with Crippen LogP contribution in [-0.4, -0.2) is 18.4 Å². The van der Waals surface area contributed by atoms with Crippen LogP contribution in [0, 0.1) is 24.2 Å². The van der Waals surface area contributed by atoms with Crippen molar-refractivity contribution in [2.24, 2.45) is 5.92 Å². The molecule has 1 heterocycles.